The van der Waals surface area contributed by atoms with Crippen LogP contribution in [0.1, 0.15) is 12.8 Å². The summed E-state index contributed by atoms with van der Waals surface area (Å²) in [5, 5.41) is 4.13. The minimum Gasteiger partial charge on any atom is -0.497 e. The molecule has 1 aliphatic rings. The maximum absolute atomic E-state index is 13.0. The van der Waals surface area contributed by atoms with E-state index in [0.29, 0.717) is 50.5 Å². The van der Waals surface area contributed by atoms with E-state index in [2.05, 4.69) is 10.3 Å². The molecule has 0 radical (unpaired) electrons. The molecule has 1 amide bonds. The topological polar surface area (TPSA) is 88.6 Å². The van der Waals surface area contributed by atoms with E-state index >= 15 is 0 Å². The molecule has 0 bridgehead atoms. The summed E-state index contributed by atoms with van der Waals surface area (Å²) in [5.74, 6) is -0.188. The van der Waals surface area contributed by atoms with Crippen LogP contribution < -0.4 is 10.1 Å². The quantitative estimate of drug-likeness (QED) is 0.551. The fraction of sp³-hybridized carbons (Fsp3) is 0.300. The van der Waals surface area contributed by atoms with Crippen LogP contribution in [0, 0.1) is 5.92 Å². The lowest BCUT2D eigenvalue weighted by atomic mass is 9.99. The van der Waals surface area contributed by atoms with Crippen molar-refractivity contribution >= 4 is 65.8 Å². The molecule has 7 nitrogen and oxygen atoms in total. The zero-order chi connectivity index (χ0) is 22.2. The molecule has 1 saturated heterocycles. The van der Waals surface area contributed by atoms with Gasteiger partial charge in [0.25, 0.3) is 0 Å². The van der Waals surface area contributed by atoms with E-state index in [9.17, 15) is 13.2 Å². The van der Waals surface area contributed by atoms with Gasteiger partial charge in [-0.2, -0.15) is 4.31 Å². The summed E-state index contributed by atoms with van der Waals surface area (Å²) < 4.78 is 33.2. The number of hydrogen-bond donors (Lipinski definition) is 1. The lowest BCUT2D eigenvalue weighted by Gasteiger charge is -2.31. The molecule has 1 aromatic heterocycles. The highest BCUT2D eigenvalue weighted by atomic mass is 35.5. The maximum atomic E-state index is 13.0. The molecule has 164 valence electrons. The number of amides is 1. The molecule has 2 heterocycles. The van der Waals surface area contributed by atoms with E-state index in [1.54, 1.807) is 24.3 Å². The molecule has 3 aromatic rings. The number of anilines is 1. The molecule has 1 N–H and O–H groups in total. The number of rotatable bonds is 5. The second-order valence-electron chi connectivity index (χ2n) is 7.09. The standard InChI is InChI=1S/C20H19Cl2N3O4S2/c1-29-13-4-6-14(7-5-13)31(27,28)25-10-2-3-12(11-25)19(26)24-20-23-17-15(21)8-9-16(22)18(17)30-20/h4-9,12H,2-3,10-11H2,1H3,(H,23,24,26). The van der Waals surface area contributed by atoms with E-state index in [0.717, 1.165) is 0 Å². The Morgan fingerprint density at radius 3 is 2.58 bits per heavy atom. The number of aromatic nitrogens is 1. The summed E-state index contributed by atoms with van der Waals surface area (Å²) in [6.45, 7) is 0.469. The maximum Gasteiger partial charge on any atom is 0.243 e. The molecular weight excluding hydrogens is 481 g/mol. The molecule has 1 atom stereocenters. The Hall–Kier alpha value is -1.91. The predicted molar refractivity (Wildman–Crippen MR) is 123 cm³/mol. The number of carbonyl (C=O) groups excluding carboxylic acids is 1. The first-order valence-electron chi connectivity index (χ1n) is 9.49. The van der Waals surface area contributed by atoms with Crippen molar-refractivity contribution in [2.24, 2.45) is 5.92 Å². The van der Waals surface area contributed by atoms with Gasteiger partial charge in [0, 0.05) is 13.1 Å². The number of methoxy groups -OCH3 is 1. The average molecular weight is 500 g/mol. The van der Waals surface area contributed by atoms with Crippen molar-refractivity contribution in [2.75, 3.05) is 25.5 Å². The summed E-state index contributed by atoms with van der Waals surface area (Å²) in [6.07, 6.45) is 1.18. The largest absolute Gasteiger partial charge is 0.497 e. The summed E-state index contributed by atoms with van der Waals surface area (Å²) in [6, 6.07) is 9.55. The third-order valence-corrected chi connectivity index (χ3v) is 8.74. The number of nitrogens with one attached hydrogen (secondary N) is 1. The molecule has 1 unspecified atom stereocenters. The monoisotopic (exact) mass is 499 g/mol. The molecule has 4 rings (SSSR count). The summed E-state index contributed by atoms with van der Waals surface area (Å²) in [5.41, 5.74) is 0.529. The van der Waals surface area contributed by atoms with Crippen LogP contribution in [0.15, 0.2) is 41.3 Å². The second-order valence-corrected chi connectivity index (χ2v) is 10.8. The Balaban J connectivity index is 1.49. The smallest absolute Gasteiger partial charge is 0.243 e. The number of carbonyl (C=O) groups is 1. The van der Waals surface area contributed by atoms with Crippen molar-refractivity contribution in [3.05, 3.63) is 46.4 Å². The number of hydrogen-bond acceptors (Lipinski definition) is 6. The van der Waals surface area contributed by atoms with Crippen LogP contribution in [0.2, 0.25) is 10.0 Å². The summed E-state index contributed by atoms with van der Waals surface area (Å²) in [7, 11) is -2.19. The molecular formula is C20H19Cl2N3O4S2. The fourth-order valence-electron chi connectivity index (χ4n) is 3.48. The Morgan fingerprint density at radius 2 is 1.90 bits per heavy atom. The average Bonchev–Trinajstić information content (AvgIpc) is 3.21. The van der Waals surface area contributed by atoms with Gasteiger partial charge in [0.2, 0.25) is 15.9 Å². The van der Waals surface area contributed by atoms with Gasteiger partial charge in [-0.25, -0.2) is 13.4 Å². The molecule has 2 aromatic carbocycles. The van der Waals surface area contributed by atoms with E-state index in [1.807, 2.05) is 0 Å². The van der Waals surface area contributed by atoms with Crippen LogP contribution in [-0.4, -0.2) is 43.8 Å². The zero-order valence-corrected chi connectivity index (χ0v) is 19.6. The van der Waals surface area contributed by atoms with Gasteiger partial charge in [0.05, 0.1) is 32.7 Å². The molecule has 11 heteroatoms. The number of fused-ring (bicyclic) bond motifs is 1. The van der Waals surface area contributed by atoms with E-state index < -0.39 is 15.9 Å². The van der Waals surface area contributed by atoms with E-state index in [-0.39, 0.29) is 17.3 Å². The van der Waals surface area contributed by atoms with Gasteiger partial charge in [-0.1, -0.05) is 34.5 Å². The third-order valence-electron chi connectivity index (χ3n) is 5.13. The van der Waals surface area contributed by atoms with E-state index in [1.165, 1.54) is 34.9 Å². The Morgan fingerprint density at radius 1 is 1.19 bits per heavy atom. The molecule has 0 aliphatic carbocycles. The molecule has 1 fully saturated rings. The minimum atomic E-state index is -3.71. The first-order valence-corrected chi connectivity index (χ1v) is 12.5. The molecule has 0 saturated carbocycles. The van der Waals surface area contributed by atoms with Crippen LogP contribution >= 0.6 is 34.5 Å². The predicted octanol–water partition coefficient (Wildman–Crippen LogP) is 4.65. The first kappa shape index (κ1) is 22.3. The SMILES string of the molecule is COc1ccc(S(=O)(=O)N2CCCC(C(=O)Nc3nc4c(Cl)ccc(Cl)c4s3)C2)cc1. The number of ether oxygens (including phenoxy) is 1. The van der Waals surface area contributed by atoms with Gasteiger partial charge in [0.1, 0.15) is 11.3 Å². The third kappa shape index (κ3) is 4.51. The molecule has 1 aliphatic heterocycles. The highest BCUT2D eigenvalue weighted by Gasteiger charge is 2.33. The number of thiazole rings is 1. The normalized spacial score (nSPS) is 17.6. The van der Waals surface area contributed by atoms with Gasteiger partial charge in [-0.15, -0.1) is 0 Å². The number of piperidine rings is 1. The highest BCUT2D eigenvalue weighted by Crippen LogP contribution is 2.36. The summed E-state index contributed by atoms with van der Waals surface area (Å²) >= 11 is 13.6. The van der Waals surface area contributed by atoms with Crippen LogP contribution in [0.25, 0.3) is 10.2 Å². The minimum absolute atomic E-state index is 0.104. The Labute approximate surface area is 194 Å². The van der Waals surface area contributed by atoms with Crippen LogP contribution in [0.3, 0.4) is 0 Å². The van der Waals surface area contributed by atoms with Gasteiger partial charge in [0.15, 0.2) is 5.13 Å². The van der Waals surface area contributed by atoms with Gasteiger partial charge in [-0.05, 0) is 49.2 Å². The Bertz CT molecular complexity index is 1190. The lowest BCUT2D eigenvalue weighted by molar-refractivity contribution is -0.120. The zero-order valence-electron chi connectivity index (χ0n) is 16.5. The molecule has 31 heavy (non-hydrogen) atoms. The van der Waals surface area contributed by atoms with E-state index in [4.69, 9.17) is 27.9 Å². The number of sulfonamides is 1. The van der Waals surface area contributed by atoms with Crippen LogP contribution in [0.5, 0.6) is 5.75 Å². The summed E-state index contributed by atoms with van der Waals surface area (Å²) in [4.78, 5) is 17.4. The fourth-order valence-corrected chi connectivity index (χ4v) is 6.42. The van der Waals surface area contributed by atoms with Crippen molar-refractivity contribution in [3.63, 3.8) is 0 Å². The molecule has 0 spiro atoms. The number of benzene rings is 2. The number of nitrogens with zero attached hydrogens (tertiary/aromatic N) is 2. The second kappa shape index (κ2) is 8.91. The van der Waals surface area contributed by atoms with Crippen molar-refractivity contribution in [3.8, 4) is 5.75 Å². The van der Waals surface area contributed by atoms with Crippen LogP contribution in [0.4, 0.5) is 5.13 Å². The lowest BCUT2D eigenvalue weighted by Crippen LogP contribution is -2.43. The van der Waals surface area contributed by atoms with Crippen molar-refractivity contribution < 1.29 is 17.9 Å². The van der Waals surface area contributed by atoms with Crippen molar-refractivity contribution in [2.45, 2.75) is 17.7 Å². The van der Waals surface area contributed by atoms with Crippen molar-refractivity contribution in [1.29, 1.82) is 0 Å². The highest BCUT2D eigenvalue weighted by molar-refractivity contribution is 7.89. The van der Waals surface area contributed by atoms with Gasteiger partial charge >= 0.3 is 0 Å². The van der Waals surface area contributed by atoms with Crippen molar-refractivity contribution in [1.82, 2.24) is 9.29 Å². The van der Waals surface area contributed by atoms with Crippen LogP contribution in [-0.2, 0) is 14.8 Å². The Kier molecular flexibility index (Phi) is 6.41. The van der Waals surface area contributed by atoms with Gasteiger partial charge < -0.3 is 10.1 Å². The first-order chi connectivity index (χ1) is 14.8. The van der Waals surface area contributed by atoms with Gasteiger partial charge in [-0.3, -0.25) is 4.79 Å². The number of halogens is 2.